The van der Waals surface area contributed by atoms with Crippen LogP contribution in [0.4, 0.5) is 0 Å². The van der Waals surface area contributed by atoms with Crippen molar-refractivity contribution < 1.29 is 130 Å². The molecule has 9 N–H and O–H groups in total. The number of allylic oxidation sites excluding steroid dienone is 4. The number of hydrogen-bond donors (Lipinski definition) is 3. The van der Waals surface area contributed by atoms with E-state index in [0.29, 0.717) is 0 Å². The van der Waals surface area contributed by atoms with Gasteiger partial charge in [-0.2, -0.15) is 70.6 Å². The van der Waals surface area contributed by atoms with Gasteiger partial charge in [0.15, 0.2) is 18.3 Å². The molecule has 0 amide bonds. The zero-order chi connectivity index (χ0) is 108. The van der Waals surface area contributed by atoms with Crippen LogP contribution in [0, 0.1) is 23.7 Å². The van der Waals surface area contributed by atoms with E-state index in [1.54, 1.807) is 0 Å². The van der Waals surface area contributed by atoms with Crippen LogP contribution in [-0.4, -0.2) is 202 Å². The number of ether oxygens (including phenoxy) is 6. The number of esters is 6. The molecule has 0 aliphatic rings. The number of unbranched alkanes of at least 4 members (excludes halogenated alkanes) is 54. The lowest BCUT2D eigenvalue weighted by Gasteiger charge is -2.25. The highest BCUT2D eigenvalue weighted by Gasteiger charge is 2.26. The Morgan fingerprint density at radius 2 is 0.429 bits per heavy atom. The molecule has 0 aromatic heterocycles. The van der Waals surface area contributed by atoms with E-state index in [9.17, 15) is 57.1 Å². The number of carbonyl (C=O) groups is 6. The standard InChI is InChI=1S/C37H74NO8PS2.C37H70NO8PS2.C37H66NO8PS2/c3*1-3-5-7-9-11-13-15-17-19-21-23-25-29-48-33-36(39)43-31-35(32-45-47(41,42)44-28-27-38)46-37(40)34-49-30-26-24-22-20-18-16-14-12-10-8-6-4-2/h35H,3-34,38H2,1-2H3,(H,41,42);15-18,35H,3-14,19-34,38H2,1-2H3,(H,41,42);35H,3-4,9-34,38H2,1-2H3,(H,41,42)/b;17-15-,18-16-;/t3*35-/m111/s1. The quantitative estimate of drug-likeness (QED) is 0.0127. The van der Waals surface area contributed by atoms with Crippen molar-refractivity contribution in [3.05, 3.63) is 24.3 Å². The second-order valence-corrected chi connectivity index (χ2v) is 48.2. The molecule has 0 aromatic carbocycles. The van der Waals surface area contributed by atoms with E-state index in [1.165, 1.54) is 353 Å². The fraction of sp³-hybridized carbons (Fsp3) is 0.874. The van der Waals surface area contributed by atoms with Crippen molar-refractivity contribution >= 4 is 130 Å². The van der Waals surface area contributed by atoms with Gasteiger partial charge in [0, 0.05) is 25.7 Å². The summed E-state index contributed by atoms with van der Waals surface area (Å²) in [4.78, 5) is 110. The molecule has 0 aliphatic carbocycles. The Morgan fingerprint density at radius 1 is 0.245 bits per heavy atom. The molecule has 27 nitrogen and oxygen atoms in total. The van der Waals surface area contributed by atoms with Crippen LogP contribution >= 0.6 is 94.0 Å². The molecule has 0 saturated carbocycles. The smallest absolute Gasteiger partial charge is 0.316 e. The molecule has 0 bridgehead atoms. The number of quaternary nitrogens is 3. The molecule has 0 aliphatic heterocycles. The third kappa shape index (κ3) is 122. The monoisotopic (exact) mass is 2250 g/mol. The predicted octanol–water partition coefficient (Wildman–Crippen LogP) is 25.2. The number of rotatable bonds is 109. The van der Waals surface area contributed by atoms with Gasteiger partial charge in [-0.05, 0) is 137 Å². The largest absolute Gasteiger partial charge is 0.756 e. The van der Waals surface area contributed by atoms with Gasteiger partial charge in [0.1, 0.15) is 39.6 Å². The Kier molecular flexibility index (Phi) is 121. The summed E-state index contributed by atoms with van der Waals surface area (Å²) in [6.07, 6.45) is 84.0. The molecule has 147 heavy (non-hydrogen) atoms. The highest BCUT2D eigenvalue weighted by atomic mass is 32.2. The Hall–Kier alpha value is -2.27. The Morgan fingerprint density at radius 3 is 0.633 bits per heavy atom. The average molecular weight is 2260 g/mol. The van der Waals surface area contributed by atoms with E-state index in [4.69, 9.17) is 55.6 Å². The van der Waals surface area contributed by atoms with Gasteiger partial charge in [-0.15, -0.1) is 23.7 Å². The van der Waals surface area contributed by atoms with E-state index in [2.05, 4.69) is 107 Å². The number of thioether (sulfide) groups is 6. The highest BCUT2D eigenvalue weighted by molar-refractivity contribution is 8.01. The summed E-state index contributed by atoms with van der Waals surface area (Å²) in [5.41, 5.74) is 10.6. The first-order chi connectivity index (χ1) is 71.5. The maximum Gasteiger partial charge on any atom is 0.316 e. The molecule has 0 heterocycles. The lowest BCUT2D eigenvalue weighted by Crippen LogP contribution is -2.52. The van der Waals surface area contributed by atoms with Gasteiger partial charge in [-0.3, -0.25) is 42.5 Å². The molecule has 0 rings (SSSR count). The van der Waals surface area contributed by atoms with Crippen molar-refractivity contribution in [3.8, 4) is 23.7 Å². The topological polar surface area (TPSA) is 416 Å². The molecule has 36 heteroatoms. The normalized spacial score (nSPS) is 13.2. The maximum atomic E-state index is 12.5. The van der Waals surface area contributed by atoms with Crippen molar-refractivity contribution in [2.45, 2.75) is 471 Å². The highest BCUT2D eigenvalue weighted by Crippen LogP contribution is 2.40. The van der Waals surface area contributed by atoms with Crippen LogP contribution in [0.5, 0.6) is 0 Å². The minimum Gasteiger partial charge on any atom is -0.756 e. The fourth-order valence-corrected chi connectivity index (χ4v) is 21.8. The van der Waals surface area contributed by atoms with Crippen LogP contribution in [0.15, 0.2) is 24.3 Å². The summed E-state index contributed by atoms with van der Waals surface area (Å²) in [6, 6.07) is 0. The molecule has 0 spiro atoms. The van der Waals surface area contributed by atoms with Crippen LogP contribution in [0.3, 0.4) is 0 Å². The molecule has 0 saturated heterocycles. The second-order valence-electron chi connectivity index (χ2n) is 37.4. The Labute approximate surface area is 920 Å². The van der Waals surface area contributed by atoms with E-state index in [0.717, 1.165) is 163 Å². The summed E-state index contributed by atoms with van der Waals surface area (Å²) < 4.78 is 97.0. The zero-order valence-electron chi connectivity index (χ0n) is 93.0. The number of phosphoric acid groups is 3. The van der Waals surface area contributed by atoms with Gasteiger partial charge < -0.3 is 87.4 Å². The summed E-state index contributed by atoms with van der Waals surface area (Å²) in [5, 5.41) is 0. The lowest BCUT2D eigenvalue weighted by molar-refractivity contribution is -0.373. The summed E-state index contributed by atoms with van der Waals surface area (Å²) in [6.45, 7) is 11.3. The van der Waals surface area contributed by atoms with Gasteiger partial charge in [-0.25, -0.2) is 0 Å². The lowest BCUT2D eigenvalue weighted by atomic mass is 10.1. The van der Waals surface area contributed by atoms with Gasteiger partial charge >= 0.3 is 35.8 Å². The number of hydrogen-bond acceptors (Lipinski definition) is 30. The van der Waals surface area contributed by atoms with Crippen LogP contribution in [0.2, 0.25) is 0 Å². The van der Waals surface area contributed by atoms with E-state index in [-0.39, 0.29) is 93.8 Å². The van der Waals surface area contributed by atoms with Crippen molar-refractivity contribution in [2.75, 3.05) is 148 Å². The average Bonchev–Trinajstić information content (AvgIpc) is 0.914. The van der Waals surface area contributed by atoms with Crippen molar-refractivity contribution in [1.29, 1.82) is 0 Å². The predicted molar refractivity (Wildman–Crippen MR) is 612 cm³/mol. The van der Waals surface area contributed by atoms with Crippen molar-refractivity contribution in [2.24, 2.45) is 0 Å². The van der Waals surface area contributed by atoms with E-state index >= 15 is 0 Å². The molecule has 6 atom stereocenters. The number of carbonyl (C=O) groups excluding carboxylic acids is 6. The molecule has 0 fully saturated rings. The second kappa shape index (κ2) is 119. The minimum absolute atomic E-state index is 0.105. The van der Waals surface area contributed by atoms with Gasteiger partial charge in [0.05, 0.1) is 74.0 Å². The van der Waals surface area contributed by atoms with Crippen LogP contribution in [-0.2, 0) is 98.0 Å². The van der Waals surface area contributed by atoms with E-state index in [1.807, 2.05) is 0 Å². The van der Waals surface area contributed by atoms with Crippen LogP contribution in [0.1, 0.15) is 452 Å². The summed E-state index contributed by atoms with van der Waals surface area (Å²) in [7, 11) is -13.8. The Balaban J connectivity index is -0.00000212. The zero-order valence-corrected chi connectivity index (χ0v) is 101. The van der Waals surface area contributed by atoms with Crippen LogP contribution < -0.4 is 31.9 Å². The van der Waals surface area contributed by atoms with Crippen molar-refractivity contribution in [3.63, 3.8) is 0 Å². The Bertz CT molecular complexity index is 3310. The molecular formula is C111H210N3O24P3S6. The van der Waals surface area contributed by atoms with Gasteiger partial charge in [0.2, 0.25) is 0 Å². The minimum atomic E-state index is -4.59. The van der Waals surface area contributed by atoms with Gasteiger partial charge in [-0.1, -0.05) is 348 Å². The molecule has 3 unspecified atom stereocenters. The molecular weight excluding hydrogens is 2040 g/mol. The first-order valence-corrected chi connectivity index (χ1v) is 68.7. The van der Waals surface area contributed by atoms with Gasteiger partial charge in [0.25, 0.3) is 23.5 Å². The first kappa shape index (κ1) is 149. The van der Waals surface area contributed by atoms with E-state index < -0.39 is 97.4 Å². The number of phosphoric ester groups is 3. The molecule has 0 radical (unpaired) electrons. The molecule has 864 valence electrons. The van der Waals surface area contributed by atoms with Crippen molar-refractivity contribution in [1.82, 2.24) is 0 Å². The fourth-order valence-electron chi connectivity index (χ4n) is 14.8. The summed E-state index contributed by atoms with van der Waals surface area (Å²) >= 11 is 8.98. The SMILES string of the molecule is CCC#CCCCCCCCCCCSCC(=O)OC[C@H](COP(=O)([O-])OCC[NH3+])OC(=O)CSCCCCCCCCCCC#CCC.CCCCCCC/C=C\CCCCCSCC(=O)OC[C@H](COP(=O)([O-])OCC[NH3+])OC(=O)CSCCCCC/C=C\CCCCCCC.CCCCCCCCCCCCCCSCC(=O)OC[C@H](COP(=O)([O-])OCC[NH3+])OC(=O)CSCCCCCCCCCCCCCC. The summed E-state index contributed by atoms with van der Waals surface area (Å²) in [5.74, 6) is 15.9. The van der Waals surface area contributed by atoms with Crippen LogP contribution in [0.25, 0.3) is 0 Å². The first-order valence-electron chi connectivity index (χ1n) is 57.4. The molecule has 0 aromatic rings. The maximum absolute atomic E-state index is 12.5. The third-order valence-electron chi connectivity index (χ3n) is 23.1. The third-order valence-corrected chi connectivity index (χ3v) is 32.1.